The summed E-state index contributed by atoms with van der Waals surface area (Å²) < 4.78 is 10.7. The largest absolute Gasteiger partial charge is 0.449 e. The minimum Gasteiger partial charge on any atom is -0.449 e. The molecule has 2 heterocycles. The average Bonchev–Trinajstić information content (AvgIpc) is 2.58. The maximum Gasteiger partial charge on any atom is 0.410 e. The zero-order chi connectivity index (χ0) is 18.2. The zero-order valence-corrected chi connectivity index (χ0v) is 16.0. The molecule has 0 saturated carbocycles. The van der Waals surface area contributed by atoms with Crippen LogP contribution < -0.4 is 0 Å². The highest BCUT2D eigenvalue weighted by Crippen LogP contribution is 2.17. The summed E-state index contributed by atoms with van der Waals surface area (Å²) in [5.74, 6) is 0. The summed E-state index contributed by atoms with van der Waals surface area (Å²) in [6.45, 7) is 12.8. The maximum absolute atomic E-state index is 12.2. The number of hydrogen-bond acceptors (Lipinski definition) is 6. The van der Waals surface area contributed by atoms with E-state index in [2.05, 4.69) is 23.6 Å². The molecule has 0 aliphatic carbocycles. The quantitative estimate of drug-likeness (QED) is 0.686. The minimum absolute atomic E-state index is 0.0981. The molecule has 0 aromatic heterocycles. The van der Waals surface area contributed by atoms with Gasteiger partial charge in [0.25, 0.3) is 0 Å². The molecule has 2 aliphatic heterocycles. The van der Waals surface area contributed by atoms with Gasteiger partial charge in [-0.1, -0.05) is 13.3 Å². The van der Waals surface area contributed by atoms with Crippen LogP contribution in [0.15, 0.2) is 0 Å². The van der Waals surface area contributed by atoms with Crippen molar-refractivity contribution >= 4 is 6.09 Å². The van der Waals surface area contributed by atoms with Crippen molar-refractivity contribution < 1.29 is 19.4 Å². The molecule has 0 bridgehead atoms. The van der Waals surface area contributed by atoms with Crippen molar-refractivity contribution in [2.75, 3.05) is 59.1 Å². The van der Waals surface area contributed by atoms with Gasteiger partial charge in [-0.15, -0.1) is 0 Å². The van der Waals surface area contributed by atoms with E-state index in [1.165, 1.54) is 0 Å². The van der Waals surface area contributed by atoms with Gasteiger partial charge in [0.05, 0.1) is 25.9 Å². The van der Waals surface area contributed by atoms with Gasteiger partial charge in [0.15, 0.2) is 0 Å². The van der Waals surface area contributed by atoms with Crippen LogP contribution in [0.4, 0.5) is 4.79 Å². The Morgan fingerprint density at radius 3 is 2.60 bits per heavy atom. The van der Waals surface area contributed by atoms with Crippen molar-refractivity contribution in [3.05, 3.63) is 0 Å². The number of morpholine rings is 1. The number of aliphatic hydroxyl groups is 1. The lowest BCUT2D eigenvalue weighted by atomic mass is 10.1. The van der Waals surface area contributed by atoms with Gasteiger partial charge in [-0.2, -0.15) is 0 Å². The second kappa shape index (κ2) is 10.3. The van der Waals surface area contributed by atoms with E-state index in [1.807, 2.05) is 11.8 Å². The molecule has 3 atom stereocenters. The topological polar surface area (TPSA) is 65.5 Å². The number of aliphatic hydroxyl groups excluding tert-OH is 1. The third-order valence-corrected chi connectivity index (χ3v) is 5.09. The number of carbonyl (C=O) groups is 1. The molecule has 25 heavy (non-hydrogen) atoms. The molecule has 0 aromatic carbocycles. The molecule has 2 fully saturated rings. The summed E-state index contributed by atoms with van der Waals surface area (Å²) in [7, 11) is 0. The Bertz CT molecular complexity index is 404. The molecule has 2 rings (SSSR count). The lowest BCUT2D eigenvalue weighted by molar-refractivity contribution is -0.0149. The van der Waals surface area contributed by atoms with E-state index < -0.39 is 0 Å². The summed E-state index contributed by atoms with van der Waals surface area (Å²) in [5, 5.41) is 10.4. The van der Waals surface area contributed by atoms with Crippen LogP contribution in [0.1, 0.15) is 33.6 Å². The fourth-order valence-corrected chi connectivity index (χ4v) is 3.50. The molecular formula is C18H35N3O4. The first-order valence-corrected chi connectivity index (χ1v) is 9.66. The maximum atomic E-state index is 12.2. The number of unbranched alkanes of at least 4 members (excludes halogenated alkanes) is 1. The molecule has 2 saturated heterocycles. The second-order valence-electron chi connectivity index (χ2n) is 7.34. The van der Waals surface area contributed by atoms with Gasteiger partial charge in [0.1, 0.15) is 0 Å². The van der Waals surface area contributed by atoms with E-state index in [1.54, 1.807) is 0 Å². The van der Waals surface area contributed by atoms with Crippen LogP contribution in [0.3, 0.4) is 0 Å². The molecule has 0 spiro atoms. The molecule has 146 valence electrons. The SMILES string of the molecule is CCCCOC(=O)N1C[C@@H](C)N(C[C@H](O)CN2CCOCC2)C[C@@H]1C. The fraction of sp³-hybridized carbons (Fsp3) is 0.944. The van der Waals surface area contributed by atoms with E-state index in [-0.39, 0.29) is 24.3 Å². The third-order valence-electron chi connectivity index (χ3n) is 5.09. The molecule has 2 aliphatic rings. The smallest absolute Gasteiger partial charge is 0.410 e. The highest BCUT2D eigenvalue weighted by atomic mass is 16.6. The van der Waals surface area contributed by atoms with Crippen LogP contribution in [0, 0.1) is 0 Å². The number of β-amino-alcohol motifs (C(OH)–C–C–N with tert-alkyl or cyclic N) is 1. The standard InChI is InChI=1S/C18H35N3O4/c1-4-5-8-25-18(23)21-12-15(2)20(11-16(21)3)14-17(22)13-19-6-9-24-10-7-19/h15-17,22H,4-14H2,1-3H3/t15-,16+,17-/m1/s1. The van der Waals surface area contributed by atoms with Gasteiger partial charge in [-0.25, -0.2) is 4.79 Å². The lowest BCUT2D eigenvalue weighted by Crippen LogP contribution is -2.59. The normalized spacial score (nSPS) is 27.3. The fourth-order valence-electron chi connectivity index (χ4n) is 3.50. The van der Waals surface area contributed by atoms with E-state index in [4.69, 9.17) is 9.47 Å². The van der Waals surface area contributed by atoms with Crippen molar-refractivity contribution in [3.8, 4) is 0 Å². The van der Waals surface area contributed by atoms with Crippen molar-refractivity contribution in [2.24, 2.45) is 0 Å². The molecular weight excluding hydrogens is 322 g/mol. The van der Waals surface area contributed by atoms with Crippen LogP contribution >= 0.6 is 0 Å². The summed E-state index contributed by atoms with van der Waals surface area (Å²) in [6.07, 6.45) is 1.34. The summed E-state index contributed by atoms with van der Waals surface area (Å²) in [4.78, 5) is 18.6. The average molecular weight is 357 g/mol. The second-order valence-corrected chi connectivity index (χ2v) is 7.34. The zero-order valence-electron chi connectivity index (χ0n) is 16.0. The predicted molar refractivity (Wildman–Crippen MR) is 96.7 cm³/mol. The third kappa shape index (κ3) is 6.40. The van der Waals surface area contributed by atoms with Crippen LogP contribution in [0.5, 0.6) is 0 Å². The monoisotopic (exact) mass is 357 g/mol. The predicted octanol–water partition coefficient (Wildman–Crippen LogP) is 1.01. The highest BCUT2D eigenvalue weighted by Gasteiger charge is 2.33. The van der Waals surface area contributed by atoms with E-state index >= 15 is 0 Å². The van der Waals surface area contributed by atoms with Crippen molar-refractivity contribution in [2.45, 2.75) is 51.8 Å². The number of carbonyl (C=O) groups excluding carboxylic acids is 1. The van der Waals surface area contributed by atoms with Gasteiger partial charge >= 0.3 is 6.09 Å². The number of amides is 1. The first-order valence-electron chi connectivity index (χ1n) is 9.66. The number of rotatable bonds is 7. The summed E-state index contributed by atoms with van der Waals surface area (Å²) in [6, 6.07) is 0.315. The molecule has 0 aromatic rings. The minimum atomic E-state index is -0.379. The van der Waals surface area contributed by atoms with Gasteiger partial charge in [0.2, 0.25) is 0 Å². The van der Waals surface area contributed by atoms with Crippen molar-refractivity contribution in [1.82, 2.24) is 14.7 Å². The Morgan fingerprint density at radius 1 is 1.20 bits per heavy atom. The van der Waals surface area contributed by atoms with Crippen LogP contribution in [-0.4, -0.2) is 103 Å². The van der Waals surface area contributed by atoms with Crippen LogP contribution in [0.25, 0.3) is 0 Å². The highest BCUT2D eigenvalue weighted by molar-refractivity contribution is 5.68. The van der Waals surface area contributed by atoms with Gasteiger partial charge in [0, 0.05) is 51.4 Å². The number of nitrogens with zero attached hydrogens (tertiary/aromatic N) is 3. The Morgan fingerprint density at radius 2 is 1.92 bits per heavy atom. The van der Waals surface area contributed by atoms with Gasteiger partial charge < -0.3 is 19.5 Å². The van der Waals surface area contributed by atoms with Gasteiger partial charge in [-0.05, 0) is 20.3 Å². The van der Waals surface area contributed by atoms with Gasteiger partial charge in [-0.3, -0.25) is 9.80 Å². The Kier molecular flexibility index (Phi) is 8.42. The first-order chi connectivity index (χ1) is 12.0. The first kappa shape index (κ1) is 20.4. The van der Waals surface area contributed by atoms with E-state index in [0.29, 0.717) is 26.2 Å². The molecule has 1 amide bonds. The van der Waals surface area contributed by atoms with Crippen LogP contribution in [0.2, 0.25) is 0 Å². The molecule has 0 unspecified atom stereocenters. The number of ether oxygens (including phenoxy) is 2. The molecule has 0 radical (unpaired) electrons. The Labute approximate surface area is 151 Å². The summed E-state index contributed by atoms with van der Waals surface area (Å²) in [5.41, 5.74) is 0. The van der Waals surface area contributed by atoms with E-state index in [9.17, 15) is 9.90 Å². The molecule has 7 heteroatoms. The van der Waals surface area contributed by atoms with Crippen molar-refractivity contribution in [3.63, 3.8) is 0 Å². The lowest BCUT2D eigenvalue weighted by Gasteiger charge is -2.44. The van der Waals surface area contributed by atoms with Crippen molar-refractivity contribution in [1.29, 1.82) is 0 Å². The van der Waals surface area contributed by atoms with E-state index in [0.717, 1.165) is 45.7 Å². The molecule has 1 N–H and O–H groups in total. The Balaban J connectivity index is 1.77. The molecule has 7 nitrogen and oxygen atoms in total. The Hall–Kier alpha value is -0.890. The number of piperazine rings is 1. The summed E-state index contributed by atoms with van der Waals surface area (Å²) >= 11 is 0. The number of hydrogen-bond donors (Lipinski definition) is 1. The van der Waals surface area contributed by atoms with Crippen LogP contribution in [-0.2, 0) is 9.47 Å².